The smallest absolute Gasteiger partial charge is 0.245 e. The summed E-state index contributed by atoms with van der Waals surface area (Å²) >= 11 is 0. The molecule has 0 aliphatic carbocycles. The number of carbonyl (C=O) groups is 2. The van der Waals surface area contributed by atoms with Crippen LogP contribution in [0, 0.1) is 6.92 Å². The average molecular weight is 366 g/mol. The van der Waals surface area contributed by atoms with Gasteiger partial charge in [-0.25, -0.2) is 0 Å². The van der Waals surface area contributed by atoms with Crippen LogP contribution in [0.4, 0.5) is 0 Å². The van der Waals surface area contributed by atoms with E-state index >= 15 is 0 Å². The molecule has 3 rings (SSSR count). The largest absolute Gasteiger partial charge is 0.339 e. The van der Waals surface area contributed by atoms with Gasteiger partial charge in [0, 0.05) is 32.1 Å². The number of carbonyl (C=O) groups excluding carboxylic acids is 2. The zero-order chi connectivity index (χ0) is 17.1. The third-order valence-electron chi connectivity index (χ3n) is 5.23. The number of piperidine rings is 1. The number of amides is 2. The monoisotopic (exact) mass is 365 g/mol. The van der Waals surface area contributed by atoms with Gasteiger partial charge in [-0.3, -0.25) is 9.59 Å². The number of hydrogen-bond acceptors (Lipinski definition) is 3. The number of nitrogens with one attached hydrogen (secondary N) is 1. The third-order valence-corrected chi connectivity index (χ3v) is 5.23. The van der Waals surface area contributed by atoms with Gasteiger partial charge in [0.2, 0.25) is 11.8 Å². The zero-order valence-corrected chi connectivity index (χ0v) is 15.8. The van der Waals surface area contributed by atoms with E-state index in [1.54, 1.807) is 4.90 Å². The van der Waals surface area contributed by atoms with Gasteiger partial charge in [0.15, 0.2) is 0 Å². The number of likely N-dealkylation sites (N-methyl/N-ethyl adjacent to an activating group) is 1. The van der Waals surface area contributed by atoms with Gasteiger partial charge in [-0.1, -0.05) is 29.8 Å². The second kappa shape index (κ2) is 8.68. The maximum absolute atomic E-state index is 13.0. The molecule has 0 aromatic heterocycles. The highest BCUT2D eigenvalue weighted by atomic mass is 35.5. The van der Waals surface area contributed by atoms with Crippen molar-refractivity contribution >= 4 is 24.2 Å². The summed E-state index contributed by atoms with van der Waals surface area (Å²) in [4.78, 5) is 29.0. The molecule has 25 heavy (non-hydrogen) atoms. The first-order valence-corrected chi connectivity index (χ1v) is 8.89. The van der Waals surface area contributed by atoms with Crippen molar-refractivity contribution in [3.63, 3.8) is 0 Å². The minimum atomic E-state index is -0.297. The van der Waals surface area contributed by atoms with E-state index in [2.05, 4.69) is 17.4 Å². The molecule has 6 heteroatoms. The fourth-order valence-electron chi connectivity index (χ4n) is 3.70. The van der Waals surface area contributed by atoms with E-state index in [0.29, 0.717) is 25.4 Å². The van der Waals surface area contributed by atoms with Gasteiger partial charge >= 0.3 is 0 Å². The van der Waals surface area contributed by atoms with Crippen LogP contribution in [0.5, 0.6) is 0 Å². The van der Waals surface area contributed by atoms with Crippen LogP contribution < -0.4 is 5.32 Å². The number of nitrogens with zero attached hydrogens (tertiary/aromatic N) is 2. The molecular formula is C19H28ClN3O2. The molecule has 0 bridgehead atoms. The quantitative estimate of drug-likeness (QED) is 0.889. The SMILES string of the molecule is CNC1CCCN(C(=O)C2CCC(=O)N2Cc2ccc(C)cc2)C1.Cl. The molecule has 0 radical (unpaired) electrons. The number of hydrogen-bond donors (Lipinski definition) is 1. The van der Waals surface area contributed by atoms with Crippen molar-refractivity contribution in [2.75, 3.05) is 20.1 Å². The highest BCUT2D eigenvalue weighted by molar-refractivity contribution is 5.91. The fourth-order valence-corrected chi connectivity index (χ4v) is 3.70. The van der Waals surface area contributed by atoms with Crippen molar-refractivity contribution in [2.45, 2.75) is 51.2 Å². The van der Waals surface area contributed by atoms with Crippen molar-refractivity contribution in [3.05, 3.63) is 35.4 Å². The standard InChI is InChI=1S/C19H27N3O2.ClH/c1-14-5-7-15(8-6-14)12-22-17(9-10-18(22)23)19(24)21-11-3-4-16(13-21)20-2;/h5-8,16-17,20H,3-4,9-13H2,1-2H3;1H. The molecule has 2 heterocycles. The lowest BCUT2D eigenvalue weighted by Crippen LogP contribution is -2.52. The predicted molar refractivity (Wildman–Crippen MR) is 101 cm³/mol. The topological polar surface area (TPSA) is 52.7 Å². The molecule has 0 spiro atoms. The van der Waals surface area contributed by atoms with E-state index in [0.717, 1.165) is 31.5 Å². The molecule has 2 atom stereocenters. The van der Waals surface area contributed by atoms with Gasteiger partial charge in [0.1, 0.15) is 6.04 Å². The molecule has 2 amide bonds. The van der Waals surface area contributed by atoms with Gasteiger partial charge < -0.3 is 15.1 Å². The Labute approximate surface area is 156 Å². The van der Waals surface area contributed by atoms with Crippen LogP contribution in [0.1, 0.15) is 36.8 Å². The lowest BCUT2D eigenvalue weighted by molar-refractivity contribution is -0.142. The van der Waals surface area contributed by atoms with E-state index in [-0.39, 0.29) is 30.3 Å². The van der Waals surface area contributed by atoms with Crippen molar-refractivity contribution in [1.82, 2.24) is 15.1 Å². The van der Waals surface area contributed by atoms with E-state index < -0.39 is 0 Å². The first-order valence-electron chi connectivity index (χ1n) is 8.89. The van der Waals surface area contributed by atoms with Crippen LogP contribution in [-0.2, 0) is 16.1 Å². The minimum Gasteiger partial charge on any atom is -0.339 e. The summed E-state index contributed by atoms with van der Waals surface area (Å²) in [6, 6.07) is 8.25. The van der Waals surface area contributed by atoms with Crippen LogP contribution in [0.25, 0.3) is 0 Å². The highest BCUT2D eigenvalue weighted by Crippen LogP contribution is 2.24. The molecule has 1 aromatic carbocycles. The Bertz CT molecular complexity index is 605. The first-order chi connectivity index (χ1) is 11.6. The minimum absolute atomic E-state index is 0. The van der Waals surface area contributed by atoms with Crippen molar-refractivity contribution in [1.29, 1.82) is 0 Å². The normalized spacial score (nSPS) is 23.5. The van der Waals surface area contributed by atoms with Gasteiger partial charge in [0.25, 0.3) is 0 Å². The molecule has 2 unspecified atom stereocenters. The Kier molecular flexibility index (Phi) is 6.85. The fraction of sp³-hybridized carbons (Fsp3) is 0.579. The van der Waals surface area contributed by atoms with Gasteiger partial charge in [-0.05, 0) is 38.8 Å². The van der Waals surface area contributed by atoms with Crippen LogP contribution in [0.2, 0.25) is 0 Å². The summed E-state index contributed by atoms with van der Waals surface area (Å²) < 4.78 is 0. The van der Waals surface area contributed by atoms with E-state index in [1.807, 2.05) is 31.0 Å². The Morgan fingerprint density at radius 2 is 1.96 bits per heavy atom. The molecule has 138 valence electrons. The van der Waals surface area contributed by atoms with E-state index in [1.165, 1.54) is 5.56 Å². The van der Waals surface area contributed by atoms with Crippen LogP contribution in [-0.4, -0.2) is 53.8 Å². The summed E-state index contributed by atoms with van der Waals surface area (Å²) in [5.74, 6) is 0.212. The number of benzene rings is 1. The molecule has 5 nitrogen and oxygen atoms in total. The number of likely N-dealkylation sites (tertiary alicyclic amines) is 2. The molecule has 1 aromatic rings. The van der Waals surface area contributed by atoms with Crippen molar-refractivity contribution in [2.24, 2.45) is 0 Å². The Morgan fingerprint density at radius 3 is 2.64 bits per heavy atom. The average Bonchev–Trinajstić information content (AvgIpc) is 2.97. The second-order valence-electron chi connectivity index (χ2n) is 6.97. The first kappa shape index (κ1) is 19.7. The van der Waals surface area contributed by atoms with Gasteiger partial charge in [0.05, 0.1) is 0 Å². The molecule has 2 saturated heterocycles. The maximum atomic E-state index is 13.0. The maximum Gasteiger partial charge on any atom is 0.245 e. The van der Waals surface area contributed by atoms with E-state index in [4.69, 9.17) is 0 Å². The Morgan fingerprint density at radius 1 is 1.24 bits per heavy atom. The van der Waals surface area contributed by atoms with Crippen LogP contribution in [0.15, 0.2) is 24.3 Å². The van der Waals surface area contributed by atoms with Gasteiger partial charge in [-0.2, -0.15) is 0 Å². The highest BCUT2D eigenvalue weighted by Gasteiger charge is 2.39. The molecule has 2 aliphatic heterocycles. The zero-order valence-electron chi connectivity index (χ0n) is 15.0. The number of rotatable bonds is 4. The number of halogens is 1. The summed E-state index contributed by atoms with van der Waals surface area (Å²) in [5, 5.41) is 3.27. The summed E-state index contributed by atoms with van der Waals surface area (Å²) in [5.41, 5.74) is 2.28. The Balaban J connectivity index is 0.00000225. The van der Waals surface area contributed by atoms with Crippen molar-refractivity contribution in [3.8, 4) is 0 Å². The van der Waals surface area contributed by atoms with Gasteiger partial charge in [-0.15, -0.1) is 12.4 Å². The van der Waals surface area contributed by atoms with Crippen LogP contribution in [0.3, 0.4) is 0 Å². The molecule has 1 N–H and O–H groups in total. The second-order valence-corrected chi connectivity index (χ2v) is 6.97. The molecular weight excluding hydrogens is 338 g/mol. The van der Waals surface area contributed by atoms with E-state index in [9.17, 15) is 9.59 Å². The number of aryl methyl sites for hydroxylation is 1. The molecule has 2 aliphatic rings. The molecule has 2 fully saturated rings. The summed E-state index contributed by atoms with van der Waals surface area (Å²) in [6.07, 6.45) is 3.25. The summed E-state index contributed by atoms with van der Waals surface area (Å²) in [6.45, 7) is 4.13. The Hall–Kier alpha value is -1.59. The summed E-state index contributed by atoms with van der Waals surface area (Å²) in [7, 11) is 1.95. The van der Waals surface area contributed by atoms with Crippen molar-refractivity contribution < 1.29 is 9.59 Å². The lowest BCUT2D eigenvalue weighted by atomic mass is 10.0. The predicted octanol–water partition coefficient (Wildman–Crippen LogP) is 2.12. The van der Waals surface area contributed by atoms with Crippen LogP contribution >= 0.6 is 12.4 Å². The lowest BCUT2D eigenvalue weighted by Gasteiger charge is -2.36. The molecule has 0 saturated carbocycles. The third kappa shape index (κ3) is 4.53.